The van der Waals surface area contributed by atoms with E-state index in [1.54, 1.807) is 0 Å². The Bertz CT molecular complexity index is 229. The molecule has 0 unspecified atom stereocenters. The van der Waals surface area contributed by atoms with Crippen LogP contribution in [0.25, 0.3) is 0 Å². The van der Waals surface area contributed by atoms with Crippen molar-refractivity contribution in [3.05, 3.63) is 0 Å². The zero-order valence-corrected chi connectivity index (χ0v) is 11.3. The van der Waals surface area contributed by atoms with Crippen molar-refractivity contribution in [2.75, 3.05) is 26.2 Å². The van der Waals surface area contributed by atoms with Gasteiger partial charge in [0, 0.05) is 31.7 Å². The molecule has 1 aliphatic carbocycles. The zero-order chi connectivity index (χ0) is 11.6. The fraction of sp³-hybridized carbons (Fsp3) is 1.00. The van der Waals surface area contributed by atoms with E-state index in [1.807, 2.05) is 0 Å². The van der Waals surface area contributed by atoms with Crippen LogP contribution in [0.3, 0.4) is 0 Å². The minimum Gasteiger partial charge on any atom is -0.309 e. The minimum absolute atomic E-state index is 0.405. The lowest BCUT2D eigenvalue weighted by molar-refractivity contribution is 0.103. The smallest absolute Gasteiger partial charge is 0.0304 e. The number of rotatable bonds is 5. The normalized spacial score (nSPS) is 27.9. The Labute approximate surface area is 101 Å². The number of nitrogens with one attached hydrogen (secondary N) is 1. The molecular formula is C14H28N2. The van der Waals surface area contributed by atoms with E-state index in [0.717, 1.165) is 0 Å². The number of nitrogens with zero attached hydrogens (tertiary/aromatic N) is 1. The predicted molar refractivity (Wildman–Crippen MR) is 69.7 cm³/mol. The first-order chi connectivity index (χ1) is 7.67. The Kier molecular flexibility index (Phi) is 3.60. The average Bonchev–Trinajstić information content (AvgIpc) is 3.10. The lowest BCUT2D eigenvalue weighted by atomic mass is 9.89. The van der Waals surface area contributed by atoms with Gasteiger partial charge in [-0.05, 0) is 37.5 Å². The second kappa shape index (κ2) is 4.66. The van der Waals surface area contributed by atoms with Gasteiger partial charge < -0.3 is 5.32 Å². The SMILES string of the molecule is CCC1(CN2CCNC(CC)(CC)C2)CC1. The van der Waals surface area contributed by atoms with Crippen LogP contribution < -0.4 is 5.32 Å². The molecule has 0 atom stereocenters. The fourth-order valence-electron chi connectivity index (χ4n) is 3.18. The molecule has 16 heavy (non-hydrogen) atoms. The first-order valence-electron chi connectivity index (χ1n) is 7.15. The molecule has 0 spiro atoms. The Morgan fingerprint density at radius 2 is 1.75 bits per heavy atom. The highest BCUT2D eigenvalue weighted by atomic mass is 15.2. The Morgan fingerprint density at radius 3 is 2.25 bits per heavy atom. The second-order valence-corrected chi connectivity index (χ2v) is 5.98. The summed E-state index contributed by atoms with van der Waals surface area (Å²) in [7, 11) is 0. The van der Waals surface area contributed by atoms with E-state index < -0.39 is 0 Å². The molecule has 0 amide bonds. The quantitative estimate of drug-likeness (QED) is 0.772. The molecule has 0 aromatic rings. The maximum Gasteiger partial charge on any atom is 0.0304 e. The fourth-order valence-corrected chi connectivity index (χ4v) is 3.18. The highest BCUT2D eigenvalue weighted by Gasteiger charge is 2.43. The van der Waals surface area contributed by atoms with Gasteiger partial charge in [0.05, 0.1) is 0 Å². The minimum atomic E-state index is 0.405. The van der Waals surface area contributed by atoms with Crippen molar-refractivity contribution in [3.8, 4) is 0 Å². The van der Waals surface area contributed by atoms with Crippen LogP contribution in [0.4, 0.5) is 0 Å². The van der Waals surface area contributed by atoms with Crippen molar-refractivity contribution in [2.24, 2.45) is 5.41 Å². The maximum absolute atomic E-state index is 3.74. The van der Waals surface area contributed by atoms with Crippen molar-refractivity contribution < 1.29 is 0 Å². The molecule has 1 N–H and O–H groups in total. The van der Waals surface area contributed by atoms with Crippen molar-refractivity contribution in [1.29, 1.82) is 0 Å². The molecule has 2 rings (SSSR count). The molecule has 2 nitrogen and oxygen atoms in total. The summed E-state index contributed by atoms with van der Waals surface area (Å²) in [6, 6.07) is 0. The molecule has 2 fully saturated rings. The van der Waals surface area contributed by atoms with E-state index in [2.05, 4.69) is 31.0 Å². The van der Waals surface area contributed by atoms with E-state index in [0.29, 0.717) is 11.0 Å². The Morgan fingerprint density at radius 1 is 1.06 bits per heavy atom. The Balaban J connectivity index is 1.91. The van der Waals surface area contributed by atoms with Crippen LogP contribution in [0.2, 0.25) is 0 Å². The van der Waals surface area contributed by atoms with Crippen LogP contribution in [0.1, 0.15) is 52.9 Å². The van der Waals surface area contributed by atoms with Gasteiger partial charge in [0.2, 0.25) is 0 Å². The summed E-state index contributed by atoms with van der Waals surface area (Å²) in [6.45, 7) is 12.1. The van der Waals surface area contributed by atoms with E-state index in [9.17, 15) is 0 Å². The molecule has 0 bridgehead atoms. The number of hydrogen-bond donors (Lipinski definition) is 1. The summed E-state index contributed by atoms with van der Waals surface area (Å²) in [5.41, 5.74) is 1.12. The third-order valence-electron chi connectivity index (χ3n) is 5.07. The largest absolute Gasteiger partial charge is 0.309 e. The van der Waals surface area contributed by atoms with Gasteiger partial charge in [-0.1, -0.05) is 20.8 Å². The summed E-state index contributed by atoms with van der Waals surface area (Å²) in [6.07, 6.45) is 6.85. The van der Waals surface area contributed by atoms with E-state index in [-0.39, 0.29) is 0 Å². The average molecular weight is 224 g/mol. The Hall–Kier alpha value is -0.0800. The second-order valence-electron chi connectivity index (χ2n) is 5.98. The van der Waals surface area contributed by atoms with Crippen molar-refractivity contribution in [1.82, 2.24) is 10.2 Å². The number of piperazine rings is 1. The van der Waals surface area contributed by atoms with Gasteiger partial charge >= 0.3 is 0 Å². The lowest BCUT2D eigenvalue weighted by Gasteiger charge is -2.44. The first-order valence-corrected chi connectivity index (χ1v) is 7.15. The van der Waals surface area contributed by atoms with Gasteiger partial charge in [0.25, 0.3) is 0 Å². The molecule has 0 aromatic carbocycles. The van der Waals surface area contributed by atoms with E-state index in [4.69, 9.17) is 0 Å². The lowest BCUT2D eigenvalue weighted by Crippen LogP contribution is -2.60. The van der Waals surface area contributed by atoms with Crippen molar-refractivity contribution >= 4 is 0 Å². The van der Waals surface area contributed by atoms with Crippen LogP contribution in [0.5, 0.6) is 0 Å². The summed E-state index contributed by atoms with van der Waals surface area (Å²) in [4.78, 5) is 2.72. The van der Waals surface area contributed by atoms with Gasteiger partial charge in [-0.3, -0.25) is 4.90 Å². The van der Waals surface area contributed by atoms with Gasteiger partial charge in [0.15, 0.2) is 0 Å². The van der Waals surface area contributed by atoms with Gasteiger partial charge in [-0.25, -0.2) is 0 Å². The first kappa shape index (κ1) is 12.4. The highest BCUT2D eigenvalue weighted by Crippen LogP contribution is 2.49. The van der Waals surface area contributed by atoms with Gasteiger partial charge in [-0.15, -0.1) is 0 Å². The molecule has 1 saturated carbocycles. The maximum atomic E-state index is 3.74. The number of hydrogen-bond acceptors (Lipinski definition) is 2. The predicted octanol–water partition coefficient (Wildman–Crippen LogP) is 2.64. The molecule has 0 aromatic heterocycles. The third kappa shape index (κ3) is 2.43. The summed E-state index contributed by atoms with van der Waals surface area (Å²) in [5, 5.41) is 3.74. The molecule has 2 heteroatoms. The zero-order valence-electron chi connectivity index (χ0n) is 11.3. The topological polar surface area (TPSA) is 15.3 Å². The molecule has 1 aliphatic heterocycles. The summed E-state index contributed by atoms with van der Waals surface area (Å²) < 4.78 is 0. The molecular weight excluding hydrogens is 196 g/mol. The summed E-state index contributed by atoms with van der Waals surface area (Å²) in [5.74, 6) is 0. The van der Waals surface area contributed by atoms with Gasteiger partial charge in [0.1, 0.15) is 0 Å². The van der Waals surface area contributed by atoms with Crippen LogP contribution >= 0.6 is 0 Å². The molecule has 1 saturated heterocycles. The van der Waals surface area contributed by atoms with Crippen molar-refractivity contribution in [3.63, 3.8) is 0 Å². The van der Waals surface area contributed by atoms with Crippen molar-refractivity contribution in [2.45, 2.75) is 58.4 Å². The standard InChI is InChI=1S/C14H28N2/c1-4-13(7-8-13)11-16-10-9-15-14(5-2,6-3)12-16/h15H,4-12H2,1-3H3. The van der Waals surface area contributed by atoms with Crippen LogP contribution in [0, 0.1) is 5.41 Å². The monoisotopic (exact) mass is 224 g/mol. The van der Waals surface area contributed by atoms with E-state index in [1.165, 1.54) is 58.3 Å². The molecule has 2 aliphatic rings. The third-order valence-corrected chi connectivity index (χ3v) is 5.07. The van der Waals surface area contributed by atoms with Crippen LogP contribution in [-0.2, 0) is 0 Å². The van der Waals surface area contributed by atoms with Crippen LogP contribution in [0.15, 0.2) is 0 Å². The summed E-state index contributed by atoms with van der Waals surface area (Å²) >= 11 is 0. The highest BCUT2D eigenvalue weighted by molar-refractivity contribution is 4.99. The molecule has 1 heterocycles. The van der Waals surface area contributed by atoms with Crippen LogP contribution in [-0.4, -0.2) is 36.6 Å². The van der Waals surface area contributed by atoms with E-state index >= 15 is 0 Å². The molecule has 94 valence electrons. The van der Waals surface area contributed by atoms with Gasteiger partial charge in [-0.2, -0.15) is 0 Å². The molecule has 0 radical (unpaired) electrons.